The normalized spacial score (nSPS) is 41.5. The third-order valence-corrected chi connectivity index (χ3v) is 6.56. The first kappa shape index (κ1) is 13.3. The quantitative estimate of drug-likeness (QED) is 0.701. The van der Waals surface area contributed by atoms with Crippen molar-refractivity contribution in [3.05, 3.63) is 0 Å². The van der Waals surface area contributed by atoms with Crippen LogP contribution in [-0.2, 0) is 0 Å². The summed E-state index contributed by atoms with van der Waals surface area (Å²) in [4.78, 5) is 0. The van der Waals surface area contributed by atoms with E-state index in [1.165, 1.54) is 44.4 Å². The molecule has 5 unspecified atom stereocenters. The van der Waals surface area contributed by atoms with Crippen LogP contribution in [0.1, 0.15) is 51.4 Å². The van der Waals surface area contributed by atoms with Crippen molar-refractivity contribution in [1.29, 1.82) is 0 Å². The molecule has 2 heteroatoms. The van der Waals surface area contributed by atoms with Gasteiger partial charge in [0, 0.05) is 6.04 Å². The van der Waals surface area contributed by atoms with E-state index >= 15 is 0 Å². The number of rotatable bonds is 7. The van der Waals surface area contributed by atoms with Crippen molar-refractivity contribution in [2.45, 2.75) is 57.4 Å². The summed E-state index contributed by atoms with van der Waals surface area (Å²) in [7, 11) is 0. The number of thioether (sulfide) groups is 1. The van der Waals surface area contributed by atoms with Crippen molar-refractivity contribution in [2.75, 3.05) is 18.6 Å². The van der Waals surface area contributed by atoms with Gasteiger partial charge in [0.1, 0.15) is 0 Å². The van der Waals surface area contributed by atoms with E-state index in [4.69, 9.17) is 0 Å². The summed E-state index contributed by atoms with van der Waals surface area (Å²) >= 11 is 1.98. The number of unbranched alkanes of at least 4 members (excludes halogenated alkanes) is 2. The molecule has 0 aliphatic heterocycles. The summed E-state index contributed by atoms with van der Waals surface area (Å²) in [5.41, 5.74) is 0. The Morgan fingerprint density at radius 3 is 2.78 bits per heavy atom. The highest BCUT2D eigenvalue weighted by molar-refractivity contribution is 7.98. The second-order valence-corrected chi connectivity index (χ2v) is 7.75. The third kappa shape index (κ3) is 2.60. The lowest BCUT2D eigenvalue weighted by atomic mass is 9.79. The summed E-state index contributed by atoms with van der Waals surface area (Å²) in [6.07, 6.45) is 14.2. The van der Waals surface area contributed by atoms with Gasteiger partial charge in [-0.05, 0) is 80.7 Å². The first-order valence-corrected chi connectivity index (χ1v) is 9.52. The Balaban J connectivity index is 1.35. The Labute approximate surface area is 117 Å². The molecule has 2 bridgehead atoms. The van der Waals surface area contributed by atoms with E-state index in [9.17, 15) is 0 Å². The van der Waals surface area contributed by atoms with Gasteiger partial charge in [-0.25, -0.2) is 0 Å². The van der Waals surface area contributed by atoms with E-state index < -0.39 is 0 Å². The maximum absolute atomic E-state index is 3.90. The average Bonchev–Trinajstić information content (AvgIpc) is 3.04. The molecule has 1 nitrogen and oxygen atoms in total. The van der Waals surface area contributed by atoms with Crippen LogP contribution in [0.25, 0.3) is 0 Å². The second kappa shape index (κ2) is 6.17. The molecule has 0 heterocycles. The van der Waals surface area contributed by atoms with Gasteiger partial charge in [0.25, 0.3) is 0 Å². The van der Waals surface area contributed by atoms with Gasteiger partial charge in [-0.15, -0.1) is 0 Å². The fourth-order valence-corrected chi connectivity index (χ4v) is 5.63. The molecule has 0 aromatic rings. The van der Waals surface area contributed by atoms with Gasteiger partial charge in [-0.1, -0.05) is 12.8 Å². The van der Waals surface area contributed by atoms with Crippen molar-refractivity contribution in [2.24, 2.45) is 23.7 Å². The Kier molecular flexibility index (Phi) is 4.56. The molecule has 0 saturated heterocycles. The van der Waals surface area contributed by atoms with Crippen LogP contribution in [0.5, 0.6) is 0 Å². The largest absolute Gasteiger partial charge is 0.314 e. The van der Waals surface area contributed by atoms with Crippen molar-refractivity contribution in [1.82, 2.24) is 5.32 Å². The fraction of sp³-hybridized carbons (Fsp3) is 1.00. The van der Waals surface area contributed by atoms with Crippen LogP contribution >= 0.6 is 11.8 Å². The van der Waals surface area contributed by atoms with Gasteiger partial charge < -0.3 is 5.32 Å². The van der Waals surface area contributed by atoms with Gasteiger partial charge in [0.05, 0.1) is 0 Å². The molecule has 1 N–H and O–H groups in total. The van der Waals surface area contributed by atoms with Crippen LogP contribution in [0, 0.1) is 23.7 Å². The lowest BCUT2D eigenvalue weighted by Gasteiger charge is -2.32. The summed E-state index contributed by atoms with van der Waals surface area (Å²) < 4.78 is 0. The molecule has 0 aromatic carbocycles. The summed E-state index contributed by atoms with van der Waals surface area (Å²) in [5.74, 6) is 5.79. The van der Waals surface area contributed by atoms with Crippen LogP contribution in [0.3, 0.4) is 0 Å². The highest BCUT2D eigenvalue weighted by Crippen LogP contribution is 2.58. The summed E-state index contributed by atoms with van der Waals surface area (Å²) in [5, 5.41) is 3.90. The molecular weight excluding hydrogens is 238 g/mol. The molecule has 3 saturated carbocycles. The number of fused-ring (bicyclic) bond motifs is 5. The Morgan fingerprint density at radius 1 is 1.00 bits per heavy atom. The third-order valence-electron chi connectivity index (χ3n) is 5.86. The Hall–Kier alpha value is 0.310. The minimum atomic E-state index is 0.898. The van der Waals surface area contributed by atoms with E-state index in [-0.39, 0.29) is 0 Å². The van der Waals surface area contributed by atoms with Crippen LogP contribution in [-0.4, -0.2) is 24.6 Å². The lowest BCUT2D eigenvalue weighted by molar-refractivity contribution is 0.208. The number of hydrogen-bond donors (Lipinski definition) is 1. The summed E-state index contributed by atoms with van der Waals surface area (Å²) in [6.45, 7) is 1.28. The van der Waals surface area contributed by atoms with Gasteiger partial charge in [-0.2, -0.15) is 11.8 Å². The topological polar surface area (TPSA) is 12.0 Å². The maximum Gasteiger partial charge on any atom is 0.0101 e. The first-order chi connectivity index (χ1) is 8.90. The van der Waals surface area contributed by atoms with Gasteiger partial charge in [0.2, 0.25) is 0 Å². The highest BCUT2D eigenvalue weighted by Gasteiger charge is 2.53. The Morgan fingerprint density at radius 2 is 1.89 bits per heavy atom. The van der Waals surface area contributed by atoms with Gasteiger partial charge in [0.15, 0.2) is 0 Å². The van der Waals surface area contributed by atoms with E-state index in [2.05, 4.69) is 11.6 Å². The SMILES string of the molecule is CSCCCCCNC1CC2CC1C1CCCC21. The lowest BCUT2D eigenvalue weighted by Crippen LogP contribution is -2.39. The zero-order valence-corrected chi connectivity index (χ0v) is 12.7. The average molecular weight is 267 g/mol. The molecule has 3 rings (SSSR count). The van der Waals surface area contributed by atoms with E-state index in [1.54, 1.807) is 19.3 Å². The number of nitrogens with one attached hydrogen (secondary N) is 1. The molecular formula is C16H29NS. The molecule has 0 amide bonds. The monoisotopic (exact) mass is 267 g/mol. The zero-order chi connectivity index (χ0) is 12.4. The fourth-order valence-electron chi connectivity index (χ4n) is 5.14. The number of hydrogen-bond acceptors (Lipinski definition) is 2. The van der Waals surface area contributed by atoms with Crippen LogP contribution in [0.2, 0.25) is 0 Å². The van der Waals surface area contributed by atoms with Crippen LogP contribution in [0.15, 0.2) is 0 Å². The van der Waals surface area contributed by atoms with Crippen molar-refractivity contribution in [3.63, 3.8) is 0 Å². The minimum Gasteiger partial charge on any atom is -0.314 e. The maximum atomic E-state index is 3.90. The molecule has 3 aliphatic carbocycles. The van der Waals surface area contributed by atoms with Crippen LogP contribution in [0.4, 0.5) is 0 Å². The van der Waals surface area contributed by atoms with E-state index in [0.717, 1.165) is 29.7 Å². The standard InChI is InChI=1S/C16H29NS/c1-18-9-4-2-3-8-17-16-11-12-10-15(16)14-7-5-6-13(12)14/h12-17H,2-11H2,1H3. The predicted molar refractivity (Wildman–Crippen MR) is 81.1 cm³/mol. The second-order valence-electron chi connectivity index (χ2n) is 6.77. The molecule has 18 heavy (non-hydrogen) atoms. The van der Waals surface area contributed by atoms with Crippen molar-refractivity contribution < 1.29 is 0 Å². The van der Waals surface area contributed by atoms with E-state index in [0.29, 0.717) is 0 Å². The van der Waals surface area contributed by atoms with Gasteiger partial charge in [-0.3, -0.25) is 0 Å². The molecule has 3 fully saturated rings. The molecule has 0 aromatic heterocycles. The van der Waals surface area contributed by atoms with Gasteiger partial charge >= 0.3 is 0 Å². The van der Waals surface area contributed by atoms with Crippen LogP contribution < -0.4 is 5.32 Å². The van der Waals surface area contributed by atoms with Crippen molar-refractivity contribution >= 4 is 11.8 Å². The molecule has 3 aliphatic rings. The summed E-state index contributed by atoms with van der Waals surface area (Å²) in [6, 6.07) is 0.898. The van der Waals surface area contributed by atoms with Crippen molar-refractivity contribution in [3.8, 4) is 0 Å². The molecule has 5 atom stereocenters. The molecule has 0 radical (unpaired) electrons. The highest BCUT2D eigenvalue weighted by atomic mass is 32.2. The predicted octanol–water partition coefficient (Wildman–Crippen LogP) is 3.93. The first-order valence-electron chi connectivity index (χ1n) is 8.12. The zero-order valence-electron chi connectivity index (χ0n) is 11.9. The molecule has 104 valence electrons. The Bertz CT molecular complexity index is 268. The van der Waals surface area contributed by atoms with E-state index in [1.807, 2.05) is 11.8 Å². The molecule has 0 spiro atoms. The smallest absolute Gasteiger partial charge is 0.0101 e. The minimum absolute atomic E-state index is 0.898.